The van der Waals surface area contributed by atoms with Crippen molar-refractivity contribution in [1.29, 1.82) is 0 Å². The molecule has 0 fully saturated rings. The Morgan fingerprint density at radius 1 is 1.15 bits per heavy atom. The van der Waals surface area contributed by atoms with E-state index in [9.17, 15) is 0 Å². The normalized spacial score (nSPS) is 16.6. The van der Waals surface area contributed by atoms with Crippen LogP contribution in [0.2, 0.25) is 0 Å². The van der Waals surface area contributed by atoms with Gasteiger partial charge in [0.2, 0.25) is 0 Å². The molecule has 0 aromatic rings. The second-order valence-electron chi connectivity index (χ2n) is 5.19. The molecular formula is C12H27N. The first-order chi connectivity index (χ1) is 5.92. The fourth-order valence-electron chi connectivity index (χ4n) is 1.86. The lowest BCUT2D eigenvalue weighted by Gasteiger charge is -2.35. The van der Waals surface area contributed by atoms with E-state index in [4.69, 9.17) is 0 Å². The van der Waals surface area contributed by atoms with E-state index in [0.29, 0.717) is 5.41 Å². The van der Waals surface area contributed by atoms with Gasteiger partial charge in [-0.05, 0) is 30.2 Å². The molecular weight excluding hydrogens is 158 g/mol. The molecule has 13 heavy (non-hydrogen) atoms. The van der Waals surface area contributed by atoms with Gasteiger partial charge < -0.3 is 5.32 Å². The highest BCUT2D eigenvalue weighted by molar-refractivity contribution is 4.81. The van der Waals surface area contributed by atoms with Crippen LogP contribution in [0.5, 0.6) is 0 Å². The predicted octanol–water partition coefficient (Wildman–Crippen LogP) is 3.30. The smallest absolute Gasteiger partial charge is 0.000759 e. The fourth-order valence-corrected chi connectivity index (χ4v) is 1.86. The molecule has 0 aromatic carbocycles. The van der Waals surface area contributed by atoms with Crippen LogP contribution in [-0.4, -0.2) is 13.1 Å². The lowest BCUT2D eigenvalue weighted by molar-refractivity contribution is 0.168. The Morgan fingerprint density at radius 2 is 1.69 bits per heavy atom. The van der Waals surface area contributed by atoms with Gasteiger partial charge in [0, 0.05) is 6.54 Å². The Morgan fingerprint density at radius 3 is 2.00 bits per heavy atom. The summed E-state index contributed by atoms with van der Waals surface area (Å²) in [7, 11) is 0. The van der Waals surface area contributed by atoms with Crippen molar-refractivity contribution in [1.82, 2.24) is 5.32 Å². The van der Waals surface area contributed by atoms with E-state index in [1.54, 1.807) is 0 Å². The summed E-state index contributed by atoms with van der Waals surface area (Å²) in [6.07, 6.45) is 1.32. The van der Waals surface area contributed by atoms with Crippen LogP contribution in [0.3, 0.4) is 0 Å². The third kappa shape index (κ3) is 4.66. The molecule has 0 aromatic heterocycles. The Bertz CT molecular complexity index is 129. The van der Waals surface area contributed by atoms with E-state index in [1.165, 1.54) is 6.42 Å². The van der Waals surface area contributed by atoms with E-state index in [-0.39, 0.29) is 0 Å². The first-order valence-electron chi connectivity index (χ1n) is 5.63. The minimum absolute atomic E-state index is 0.462. The molecule has 1 nitrogen and oxygen atoms in total. The van der Waals surface area contributed by atoms with Crippen LogP contribution >= 0.6 is 0 Å². The molecule has 0 aliphatic rings. The monoisotopic (exact) mass is 185 g/mol. The first-order valence-corrected chi connectivity index (χ1v) is 5.63. The zero-order valence-electron chi connectivity index (χ0n) is 10.3. The molecule has 0 saturated heterocycles. The van der Waals surface area contributed by atoms with Gasteiger partial charge in [-0.1, -0.05) is 41.5 Å². The summed E-state index contributed by atoms with van der Waals surface area (Å²) < 4.78 is 0. The van der Waals surface area contributed by atoms with Crippen molar-refractivity contribution >= 4 is 0 Å². The zero-order valence-corrected chi connectivity index (χ0v) is 10.3. The highest BCUT2D eigenvalue weighted by Crippen LogP contribution is 2.33. The topological polar surface area (TPSA) is 12.0 Å². The molecule has 0 aliphatic carbocycles. The molecule has 1 atom stereocenters. The molecule has 0 amide bonds. The van der Waals surface area contributed by atoms with Crippen LogP contribution in [0.15, 0.2) is 0 Å². The number of hydrogen-bond acceptors (Lipinski definition) is 1. The summed E-state index contributed by atoms with van der Waals surface area (Å²) in [5.74, 6) is 1.56. The SMILES string of the molecule is CCNCC(C)(CC(C)C)C(C)C. The summed E-state index contributed by atoms with van der Waals surface area (Å²) in [4.78, 5) is 0. The van der Waals surface area contributed by atoms with Gasteiger partial charge in [0.05, 0.1) is 0 Å². The molecule has 0 radical (unpaired) electrons. The number of hydrogen-bond donors (Lipinski definition) is 1. The summed E-state index contributed by atoms with van der Waals surface area (Å²) in [5, 5.41) is 3.48. The van der Waals surface area contributed by atoms with Crippen LogP contribution in [0.1, 0.15) is 48.0 Å². The second kappa shape index (κ2) is 5.64. The lowest BCUT2D eigenvalue weighted by atomic mass is 9.73. The summed E-state index contributed by atoms with van der Waals surface area (Å²) in [6.45, 7) is 16.1. The van der Waals surface area contributed by atoms with E-state index in [0.717, 1.165) is 24.9 Å². The van der Waals surface area contributed by atoms with Gasteiger partial charge in [-0.25, -0.2) is 0 Å². The molecule has 0 aliphatic heterocycles. The molecule has 80 valence electrons. The Kier molecular flexibility index (Phi) is 5.62. The predicted molar refractivity (Wildman–Crippen MR) is 60.9 cm³/mol. The molecule has 1 heteroatoms. The average Bonchev–Trinajstić information content (AvgIpc) is 1.99. The first kappa shape index (κ1) is 13.0. The molecule has 0 rings (SSSR count). The van der Waals surface area contributed by atoms with Crippen molar-refractivity contribution in [3.63, 3.8) is 0 Å². The molecule has 1 unspecified atom stereocenters. The van der Waals surface area contributed by atoms with Crippen molar-refractivity contribution in [3.05, 3.63) is 0 Å². The van der Waals surface area contributed by atoms with Gasteiger partial charge in [0.1, 0.15) is 0 Å². The Balaban J connectivity index is 4.16. The Labute approximate surface area is 84.3 Å². The molecule has 0 spiro atoms. The number of nitrogens with one attached hydrogen (secondary N) is 1. The fraction of sp³-hybridized carbons (Fsp3) is 1.00. The van der Waals surface area contributed by atoms with Crippen molar-refractivity contribution in [3.8, 4) is 0 Å². The van der Waals surface area contributed by atoms with Crippen LogP contribution < -0.4 is 5.32 Å². The highest BCUT2D eigenvalue weighted by Gasteiger charge is 2.28. The average molecular weight is 185 g/mol. The molecule has 1 N–H and O–H groups in total. The second-order valence-corrected chi connectivity index (χ2v) is 5.19. The van der Waals surface area contributed by atoms with Crippen molar-refractivity contribution in [2.75, 3.05) is 13.1 Å². The van der Waals surface area contributed by atoms with Gasteiger partial charge in [0.25, 0.3) is 0 Å². The quantitative estimate of drug-likeness (QED) is 0.669. The number of rotatable bonds is 6. The van der Waals surface area contributed by atoms with Crippen LogP contribution in [0, 0.1) is 17.3 Å². The van der Waals surface area contributed by atoms with E-state index in [2.05, 4.69) is 46.9 Å². The van der Waals surface area contributed by atoms with Crippen molar-refractivity contribution in [2.24, 2.45) is 17.3 Å². The van der Waals surface area contributed by atoms with Crippen molar-refractivity contribution in [2.45, 2.75) is 48.0 Å². The third-order valence-corrected chi connectivity index (χ3v) is 3.05. The highest BCUT2D eigenvalue weighted by atomic mass is 14.9. The van der Waals surface area contributed by atoms with Crippen LogP contribution in [0.4, 0.5) is 0 Å². The lowest BCUT2D eigenvalue weighted by Crippen LogP contribution is -2.37. The van der Waals surface area contributed by atoms with Crippen molar-refractivity contribution < 1.29 is 0 Å². The maximum Gasteiger partial charge on any atom is 0.000759 e. The minimum Gasteiger partial charge on any atom is -0.316 e. The summed E-state index contributed by atoms with van der Waals surface area (Å²) in [6, 6.07) is 0. The third-order valence-electron chi connectivity index (χ3n) is 3.05. The maximum absolute atomic E-state index is 3.48. The molecule has 0 heterocycles. The van der Waals surface area contributed by atoms with Crippen LogP contribution in [0.25, 0.3) is 0 Å². The van der Waals surface area contributed by atoms with E-state index in [1.807, 2.05) is 0 Å². The van der Waals surface area contributed by atoms with E-state index < -0.39 is 0 Å². The van der Waals surface area contributed by atoms with Gasteiger partial charge in [-0.3, -0.25) is 0 Å². The van der Waals surface area contributed by atoms with Gasteiger partial charge in [-0.15, -0.1) is 0 Å². The van der Waals surface area contributed by atoms with Gasteiger partial charge in [-0.2, -0.15) is 0 Å². The molecule has 0 bridgehead atoms. The standard InChI is InChI=1S/C12H27N/c1-7-13-9-12(6,11(4)5)8-10(2)3/h10-11,13H,7-9H2,1-6H3. The van der Waals surface area contributed by atoms with E-state index >= 15 is 0 Å². The Hall–Kier alpha value is -0.0400. The molecule has 0 saturated carbocycles. The summed E-state index contributed by atoms with van der Waals surface area (Å²) in [5.41, 5.74) is 0.462. The summed E-state index contributed by atoms with van der Waals surface area (Å²) >= 11 is 0. The largest absolute Gasteiger partial charge is 0.316 e. The van der Waals surface area contributed by atoms with Crippen LogP contribution in [-0.2, 0) is 0 Å². The minimum atomic E-state index is 0.462. The zero-order chi connectivity index (χ0) is 10.5. The van der Waals surface area contributed by atoms with Gasteiger partial charge >= 0.3 is 0 Å². The maximum atomic E-state index is 3.48. The van der Waals surface area contributed by atoms with Gasteiger partial charge in [0.15, 0.2) is 0 Å².